The second kappa shape index (κ2) is 10.9. The Kier molecular flexibility index (Phi) is 8.02. The first-order valence-corrected chi connectivity index (χ1v) is 10.3. The number of ether oxygens (including phenoxy) is 3. The van der Waals surface area contributed by atoms with Crippen molar-refractivity contribution in [1.82, 2.24) is 5.06 Å². The van der Waals surface area contributed by atoms with Crippen molar-refractivity contribution in [1.29, 1.82) is 0 Å². The molecule has 0 aliphatic carbocycles. The van der Waals surface area contributed by atoms with Crippen molar-refractivity contribution in [2.45, 2.75) is 26.3 Å². The smallest absolute Gasteiger partial charge is 0.493 e. The number of halogens is 1. The first kappa shape index (κ1) is 23.5. The van der Waals surface area contributed by atoms with E-state index in [4.69, 9.17) is 24.2 Å². The molecule has 32 heavy (non-hydrogen) atoms. The summed E-state index contributed by atoms with van der Waals surface area (Å²) in [6.45, 7) is 3.03. The number of hydroxylamine groups is 2. The number of hydrogen-bond acceptors (Lipinski definition) is 7. The lowest BCUT2D eigenvalue weighted by molar-refractivity contribution is -0.139. The Morgan fingerprint density at radius 3 is 2.66 bits per heavy atom. The van der Waals surface area contributed by atoms with Crippen LogP contribution in [-0.2, 0) is 38.5 Å². The van der Waals surface area contributed by atoms with Crippen LogP contribution < -0.4 is 4.74 Å². The fourth-order valence-corrected chi connectivity index (χ4v) is 3.63. The second-order valence-electron chi connectivity index (χ2n) is 7.18. The van der Waals surface area contributed by atoms with Gasteiger partial charge in [-0.05, 0) is 53.8 Å². The van der Waals surface area contributed by atoms with Gasteiger partial charge in [0.1, 0.15) is 18.2 Å². The van der Waals surface area contributed by atoms with Gasteiger partial charge in [0.15, 0.2) is 0 Å². The van der Waals surface area contributed by atoms with E-state index in [0.29, 0.717) is 53.1 Å². The number of rotatable bonds is 9. The average molecular weight is 447 g/mol. The number of carbonyl (C=O) groups excluding carboxylic acids is 1. The van der Waals surface area contributed by atoms with Crippen LogP contribution in [0.3, 0.4) is 0 Å². The molecule has 0 saturated heterocycles. The number of carbonyl (C=O) groups is 2. The molecule has 0 bridgehead atoms. The molecule has 1 aliphatic rings. The molecular weight excluding hydrogens is 421 g/mol. The molecule has 3 rings (SSSR count). The summed E-state index contributed by atoms with van der Waals surface area (Å²) in [5, 5.41) is 10.6. The van der Waals surface area contributed by atoms with Crippen LogP contribution in [0.25, 0.3) is 11.1 Å². The fraction of sp³-hybridized carbons (Fsp3) is 0.391. The van der Waals surface area contributed by atoms with Gasteiger partial charge in [-0.25, -0.2) is 9.18 Å². The zero-order chi connectivity index (χ0) is 23.1. The highest BCUT2D eigenvalue weighted by atomic mass is 19.1. The molecule has 1 heterocycles. The quantitative estimate of drug-likeness (QED) is 0.460. The number of methoxy groups -OCH3 is 1. The number of hydrogen-bond donors (Lipinski definition) is 1. The first-order chi connectivity index (χ1) is 15.4. The van der Waals surface area contributed by atoms with Crippen LogP contribution in [0.5, 0.6) is 5.75 Å². The lowest BCUT2D eigenvalue weighted by Crippen LogP contribution is -2.34. The third-order valence-corrected chi connectivity index (χ3v) is 5.02. The van der Waals surface area contributed by atoms with Crippen molar-refractivity contribution in [3.8, 4) is 16.9 Å². The van der Waals surface area contributed by atoms with Gasteiger partial charge in [0.25, 0.3) is 0 Å². The molecular formula is C23H26FNO7. The molecule has 0 saturated carbocycles. The molecule has 0 fully saturated rings. The number of carboxylic acids is 1. The molecule has 1 N–H and O–H groups in total. The van der Waals surface area contributed by atoms with Gasteiger partial charge in [-0.2, -0.15) is 0 Å². The number of aliphatic carboxylic acids is 1. The summed E-state index contributed by atoms with van der Waals surface area (Å²) in [6.07, 6.45) is -0.674. The van der Waals surface area contributed by atoms with E-state index in [1.54, 1.807) is 24.3 Å². The van der Waals surface area contributed by atoms with Gasteiger partial charge < -0.3 is 24.2 Å². The van der Waals surface area contributed by atoms with Gasteiger partial charge in [0, 0.05) is 19.2 Å². The number of nitrogens with zero attached hydrogens (tertiary/aromatic N) is 1. The van der Waals surface area contributed by atoms with E-state index in [1.807, 2.05) is 6.92 Å². The second-order valence-corrected chi connectivity index (χ2v) is 7.18. The van der Waals surface area contributed by atoms with Crippen molar-refractivity contribution >= 4 is 12.1 Å². The van der Waals surface area contributed by atoms with E-state index in [1.165, 1.54) is 18.2 Å². The fourth-order valence-electron chi connectivity index (χ4n) is 3.63. The predicted molar refractivity (Wildman–Crippen MR) is 113 cm³/mol. The first-order valence-electron chi connectivity index (χ1n) is 10.3. The zero-order valence-corrected chi connectivity index (χ0v) is 18.1. The van der Waals surface area contributed by atoms with E-state index in [9.17, 15) is 14.0 Å². The van der Waals surface area contributed by atoms with Gasteiger partial charge >= 0.3 is 12.1 Å². The van der Waals surface area contributed by atoms with Gasteiger partial charge in [0.05, 0.1) is 26.2 Å². The third kappa shape index (κ3) is 5.74. The van der Waals surface area contributed by atoms with Gasteiger partial charge in [-0.1, -0.05) is 12.1 Å². The minimum absolute atomic E-state index is 0.0632. The Morgan fingerprint density at radius 1 is 1.12 bits per heavy atom. The molecule has 0 radical (unpaired) electrons. The van der Waals surface area contributed by atoms with Crippen molar-refractivity contribution in [2.24, 2.45) is 0 Å². The summed E-state index contributed by atoms with van der Waals surface area (Å²) in [5.41, 5.74) is 3.12. The Labute approximate surface area is 185 Å². The van der Waals surface area contributed by atoms with Crippen molar-refractivity contribution in [2.75, 3.05) is 33.5 Å². The van der Waals surface area contributed by atoms with Crippen LogP contribution in [0.15, 0.2) is 30.3 Å². The van der Waals surface area contributed by atoms with Crippen LogP contribution >= 0.6 is 0 Å². The number of benzene rings is 2. The van der Waals surface area contributed by atoms with E-state index in [0.717, 1.165) is 0 Å². The minimum atomic E-state index is -0.951. The average Bonchev–Trinajstić information content (AvgIpc) is 2.75. The maximum atomic E-state index is 14.6. The minimum Gasteiger partial charge on any atom is -0.493 e. The largest absolute Gasteiger partial charge is 0.528 e. The molecule has 0 amide bonds. The SMILES string of the molecule is CCOc1ccc(CC(=O)O)cc1-c1ccc(F)c2c1CN(OC(=O)OCCOC)CC2. The molecule has 2 aromatic carbocycles. The number of fused-ring (bicyclic) bond motifs is 1. The lowest BCUT2D eigenvalue weighted by atomic mass is 9.90. The Morgan fingerprint density at radius 2 is 1.94 bits per heavy atom. The van der Waals surface area contributed by atoms with Crippen molar-refractivity contribution in [3.05, 3.63) is 52.8 Å². The molecule has 0 spiro atoms. The van der Waals surface area contributed by atoms with E-state index >= 15 is 0 Å². The Balaban J connectivity index is 1.93. The monoisotopic (exact) mass is 447 g/mol. The molecule has 2 aromatic rings. The highest BCUT2D eigenvalue weighted by Crippen LogP contribution is 2.38. The lowest BCUT2D eigenvalue weighted by Gasteiger charge is -2.29. The molecule has 9 heteroatoms. The van der Waals surface area contributed by atoms with Crippen molar-refractivity contribution < 1.29 is 38.1 Å². The van der Waals surface area contributed by atoms with Gasteiger partial charge in [-0.3, -0.25) is 4.79 Å². The highest BCUT2D eigenvalue weighted by molar-refractivity contribution is 5.77. The van der Waals surface area contributed by atoms with Crippen LogP contribution in [0, 0.1) is 5.82 Å². The summed E-state index contributed by atoms with van der Waals surface area (Å²) >= 11 is 0. The van der Waals surface area contributed by atoms with Gasteiger partial charge in [0.2, 0.25) is 0 Å². The summed E-state index contributed by atoms with van der Waals surface area (Å²) in [5.74, 6) is -0.731. The van der Waals surface area contributed by atoms with Crippen LogP contribution in [0.1, 0.15) is 23.6 Å². The van der Waals surface area contributed by atoms with E-state index in [2.05, 4.69) is 0 Å². The molecule has 172 valence electrons. The molecule has 0 aromatic heterocycles. The maximum absolute atomic E-state index is 14.6. The molecule has 1 aliphatic heterocycles. The van der Waals surface area contributed by atoms with Crippen LogP contribution in [0.4, 0.5) is 9.18 Å². The summed E-state index contributed by atoms with van der Waals surface area (Å²) in [7, 11) is 1.49. The Hall–Kier alpha value is -3.17. The summed E-state index contributed by atoms with van der Waals surface area (Å²) in [4.78, 5) is 28.4. The highest BCUT2D eigenvalue weighted by Gasteiger charge is 2.26. The summed E-state index contributed by atoms with van der Waals surface area (Å²) < 4.78 is 30.1. The maximum Gasteiger partial charge on any atom is 0.528 e. The molecule has 0 unspecified atom stereocenters. The molecule has 0 atom stereocenters. The summed E-state index contributed by atoms with van der Waals surface area (Å²) in [6, 6.07) is 8.19. The molecule has 8 nitrogen and oxygen atoms in total. The zero-order valence-electron chi connectivity index (χ0n) is 18.1. The van der Waals surface area contributed by atoms with E-state index in [-0.39, 0.29) is 32.0 Å². The Bertz CT molecular complexity index is 979. The normalized spacial score (nSPS) is 13.3. The van der Waals surface area contributed by atoms with E-state index < -0.39 is 12.1 Å². The van der Waals surface area contributed by atoms with Crippen LogP contribution in [0.2, 0.25) is 0 Å². The third-order valence-electron chi connectivity index (χ3n) is 5.02. The van der Waals surface area contributed by atoms with Crippen molar-refractivity contribution in [3.63, 3.8) is 0 Å². The number of carboxylic acid groups (broad SMARTS) is 1. The van der Waals surface area contributed by atoms with Gasteiger partial charge in [-0.15, -0.1) is 5.06 Å². The van der Waals surface area contributed by atoms with Crippen LogP contribution in [-0.4, -0.2) is 55.8 Å². The predicted octanol–water partition coefficient (Wildman–Crippen LogP) is 3.59. The standard InChI is InChI=1S/C23H26FNO7/c1-3-30-21-7-4-15(13-22(26)27)12-18(21)16-5-6-20(24)17-8-9-25(14-19(16)17)32-23(28)31-11-10-29-2/h4-7,12H,3,8-11,13-14H2,1-2H3,(H,26,27). The topological polar surface area (TPSA) is 94.5 Å².